The molecule has 0 spiro atoms. The molecule has 182 valence electrons. The Morgan fingerprint density at radius 3 is 2.41 bits per heavy atom. The fraction of sp³-hybridized carbons (Fsp3) is 0.348. The van der Waals surface area contributed by atoms with E-state index in [0.29, 0.717) is 35.0 Å². The lowest BCUT2D eigenvalue weighted by atomic mass is 10.1. The van der Waals surface area contributed by atoms with Crippen LogP contribution >= 0.6 is 0 Å². The molecule has 1 fully saturated rings. The summed E-state index contributed by atoms with van der Waals surface area (Å²) in [5.74, 6) is 0.160. The van der Waals surface area contributed by atoms with Crippen molar-refractivity contribution in [1.82, 2.24) is 4.57 Å². The molecule has 1 aliphatic heterocycles. The fourth-order valence-electron chi connectivity index (χ4n) is 4.16. The van der Waals surface area contributed by atoms with Gasteiger partial charge in [0.05, 0.1) is 22.7 Å². The number of ether oxygens (including phenoxy) is 1. The molecule has 1 aromatic heterocycles. The van der Waals surface area contributed by atoms with Crippen LogP contribution in [0.1, 0.15) is 24.7 Å². The summed E-state index contributed by atoms with van der Waals surface area (Å²) in [7, 11) is -3.03. The van der Waals surface area contributed by atoms with Crippen LogP contribution in [-0.4, -0.2) is 43.1 Å². The molecular weight excluding hydrogens is 471 g/mol. The number of anilines is 1. The number of nitrogens with zero attached hydrogens (tertiary/aromatic N) is 1. The Hall–Kier alpha value is -3.21. The largest absolute Gasteiger partial charge is 0.445 e. The van der Waals surface area contributed by atoms with Crippen LogP contribution in [0.5, 0.6) is 0 Å². The minimum absolute atomic E-state index is 0.0491. The second kappa shape index (κ2) is 9.57. The number of nitrogens with two attached hydrogens (primary N) is 1. The van der Waals surface area contributed by atoms with E-state index in [1.807, 2.05) is 0 Å². The van der Waals surface area contributed by atoms with Crippen molar-refractivity contribution < 1.29 is 31.1 Å². The average Bonchev–Trinajstić information content (AvgIpc) is 3.19. The van der Waals surface area contributed by atoms with E-state index in [1.54, 1.807) is 48.5 Å². The molecule has 3 aromatic rings. The highest BCUT2D eigenvalue weighted by molar-refractivity contribution is 7.91. The lowest BCUT2D eigenvalue weighted by Gasteiger charge is -2.24. The van der Waals surface area contributed by atoms with Gasteiger partial charge in [-0.15, -0.1) is 0 Å². The summed E-state index contributed by atoms with van der Waals surface area (Å²) in [6, 6.07) is 13.0. The summed E-state index contributed by atoms with van der Waals surface area (Å²) in [5.41, 5.74) is 7.26. The van der Waals surface area contributed by atoms with E-state index in [1.165, 1.54) is 0 Å². The van der Waals surface area contributed by atoms with Gasteiger partial charge in [-0.25, -0.2) is 26.4 Å². The predicted molar refractivity (Wildman–Crippen MR) is 123 cm³/mol. The van der Waals surface area contributed by atoms with Crippen molar-refractivity contribution in [3.63, 3.8) is 0 Å². The van der Waals surface area contributed by atoms with Gasteiger partial charge in [0.25, 0.3) is 6.43 Å². The van der Waals surface area contributed by atoms with E-state index >= 15 is 0 Å². The smallest absolute Gasteiger partial charge is 0.404 e. The quantitative estimate of drug-likeness (QED) is 0.498. The van der Waals surface area contributed by atoms with Gasteiger partial charge in [-0.1, -0.05) is 30.3 Å². The van der Waals surface area contributed by atoms with Crippen molar-refractivity contribution in [3.8, 4) is 11.3 Å². The van der Waals surface area contributed by atoms with Crippen LogP contribution in [0.2, 0.25) is 0 Å². The molecule has 11 heteroatoms. The molecule has 1 unspecified atom stereocenters. The van der Waals surface area contributed by atoms with Gasteiger partial charge in [0.2, 0.25) is 6.30 Å². The number of aromatic nitrogens is 1. The monoisotopic (exact) mass is 495 g/mol. The van der Waals surface area contributed by atoms with Crippen LogP contribution in [0.3, 0.4) is 0 Å². The third-order valence-electron chi connectivity index (χ3n) is 5.88. The maximum atomic E-state index is 14.8. The molecule has 0 aliphatic carbocycles. The first kappa shape index (κ1) is 23.9. The number of hydrogen-bond acceptors (Lipinski definition) is 5. The van der Waals surface area contributed by atoms with Gasteiger partial charge >= 0.3 is 6.09 Å². The van der Waals surface area contributed by atoms with Crippen LogP contribution < -0.4 is 11.1 Å². The molecule has 2 aromatic carbocycles. The SMILES string of the molecule is NC(=O)OCc1ccc(-c2cc3c(NC4CCS(=O)(=O)CC4)cccc3n2C(F)C(F)F)cc1. The topological polar surface area (TPSA) is 103 Å². The molecule has 34 heavy (non-hydrogen) atoms. The summed E-state index contributed by atoms with van der Waals surface area (Å²) in [6.45, 7) is -0.0491. The molecule has 0 saturated carbocycles. The molecule has 7 nitrogen and oxygen atoms in total. The molecule has 0 radical (unpaired) electrons. The predicted octanol–water partition coefficient (Wildman–Crippen LogP) is 4.63. The van der Waals surface area contributed by atoms with Crippen LogP contribution in [0, 0.1) is 0 Å². The summed E-state index contributed by atoms with van der Waals surface area (Å²) in [5, 5.41) is 3.86. The first-order valence-corrected chi connectivity index (χ1v) is 12.5. The number of benzene rings is 2. The zero-order chi connectivity index (χ0) is 24.5. The van der Waals surface area contributed by atoms with Gasteiger partial charge in [0, 0.05) is 17.1 Å². The van der Waals surface area contributed by atoms with E-state index in [-0.39, 0.29) is 35.4 Å². The van der Waals surface area contributed by atoms with Crippen LogP contribution in [-0.2, 0) is 21.2 Å². The van der Waals surface area contributed by atoms with E-state index < -0.39 is 28.7 Å². The number of nitrogens with one attached hydrogen (secondary N) is 1. The Bertz CT molecular complexity index is 1280. The Morgan fingerprint density at radius 1 is 1.12 bits per heavy atom. The normalized spacial score (nSPS) is 17.1. The molecule has 1 atom stereocenters. The number of rotatable bonds is 7. The maximum absolute atomic E-state index is 14.8. The third kappa shape index (κ3) is 5.14. The van der Waals surface area contributed by atoms with E-state index in [2.05, 4.69) is 5.32 Å². The number of alkyl halides is 3. The van der Waals surface area contributed by atoms with Gasteiger partial charge < -0.3 is 20.4 Å². The maximum Gasteiger partial charge on any atom is 0.404 e. The van der Waals surface area contributed by atoms with Crippen molar-refractivity contribution in [2.24, 2.45) is 5.73 Å². The van der Waals surface area contributed by atoms with E-state index in [4.69, 9.17) is 10.5 Å². The minimum Gasteiger partial charge on any atom is -0.445 e. The average molecular weight is 496 g/mol. The Kier molecular flexibility index (Phi) is 6.74. The van der Waals surface area contributed by atoms with Crippen molar-refractivity contribution in [3.05, 3.63) is 54.1 Å². The number of sulfone groups is 1. The summed E-state index contributed by atoms with van der Waals surface area (Å²) in [4.78, 5) is 10.8. The second-order valence-electron chi connectivity index (χ2n) is 8.22. The number of halogens is 3. The molecule has 0 bridgehead atoms. The van der Waals surface area contributed by atoms with Gasteiger partial charge in [-0.3, -0.25) is 0 Å². The third-order valence-corrected chi connectivity index (χ3v) is 7.60. The van der Waals surface area contributed by atoms with Gasteiger partial charge in [0.15, 0.2) is 0 Å². The molecule has 3 N–H and O–H groups in total. The molecule has 1 saturated heterocycles. The van der Waals surface area contributed by atoms with Gasteiger partial charge in [-0.2, -0.15) is 0 Å². The van der Waals surface area contributed by atoms with Crippen LogP contribution in [0.15, 0.2) is 48.5 Å². The first-order valence-electron chi connectivity index (χ1n) is 10.7. The van der Waals surface area contributed by atoms with Gasteiger partial charge in [0.1, 0.15) is 16.4 Å². The number of hydrogen-bond donors (Lipinski definition) is 2. The molecule has 1 aliphatic rings. The number of carbonyl (C=O) groups excluding carboxylic acids is 1. The lowest BCUT2D eigenvalue weighted by Crippen LogP contribution is -2.32. The van der Waals surface area contributed by atoms with E-state index in [0.717, 1.165) is 4.57 Å². The van der Waals surface area contributed by atoms with Crippen molar-refractivity contribution in [2.75, 3.05) is 16.8 Å². The highest BCUT2D eigenvalue weighted by Crippen LogP contribution is 2.38. The Balaban J connectivity index is 1.72. The lowest BCUT2D eigenvalue weighted by molar-refractivity contribution is 0.0115. The highest BCUT2D eigenvalue weighted by atomic mass is 32.2. The fourth-order valence-corrected chi connectivity index (χ4v) is 5.65. The Labute approximate surface area is 194 Å². The highest BCUT2D eigenvalue weighted by Gasteiger charge is 2.28. The first-order chi connectivity index (χ1) is 16.1. The van der Waals surface area contributed by atoms with E-state index in [9.17, 15) is 26.4 Å². The number of primary amides is 1. The summed E-state index contributed by atoms with van der Waals surface area (Å²) in [6.07, 6.45) is -5.86. The minimum atomic E-state index is -3.24. The number of carbonyl (C=O) groups is 1. The molecular formula is C23H24F3N3O4S. The molecule has 2 heterocycles. The standard InChI is InChI=1S/C23H24F3N3O4S/c24-21(25)22(26)29-19-3-1-2-18(28-16-8-10-34(31,32)11-9-16)17(19)12-20(29)15-6-4-14(5-7-15)13-33-23(27)30/h1-7,12,16,21-22,28H,8-11,13H2,(H2,27,30). The molecule has 1 amide bonds. The van der Waals surface area contributed by atoms with Crippen LogP contribution in [0.25, 0.3) is 22.2 Å². The number of amides is 1. The zero-order valence-corrected chi connectivity index (χ0v) is 18.9. The van der Waals surface area contributed by atoms with Crippen molar-refractivity contribution >= 4 is 32.5 Å². The van der Waals surface area contributed by atoms with Gasteiger partial charge in [-0.05, 0) is 42.2 Å². The van der Waals surface area contributed by atoms with Crippen molar-refractivity contribution in [2.45, 2.75) is 38.2 Å². The van der Waals surface area contributed by atoms with Crippen molar-refractivity contribution in [1.29, 1.82) is 0 Å². The Morgan fingerprint density at radius 2 is 1.79 bits per heavy atom. The zero-order valence-electron chi connectivity index (χ0n) is 18.1. The second-order valence-corrected chi connectivity index (χ2v) is 10.5. The molecule has 4 rings (SSSR count). The number of fused-ring (bicyclic) bond motifs is 1. The summed E-state index contributed by atoms with van der Waals surface area (Å²) < 4.78 is 70.9. The van der Waals surface area contributed by atoms with Crippen LogP contribution in [0.4, 0.5) is 23.7 Å². The summed E-state index contributed by atoms with van der Waals surface area (Å²) >= 11 is 0.